The second-order valence-electron chi connectivity index (χ2n) is 10.2. The van der Waals surface area contributed by atoms with Crippen LogP contribution >= 0.6 is 0 Å². The van der Waals surface area contributed by atoms with Crippen LogP contribution in [0.4, 0.5) is 0 Å². The molecular weight excluding hydrogens is 476 g/mol. The van der Waals surface area contributed by atoms with Gasteiger partial charge in [-0.2, -0.15) is 0 Å². The van der Waals surface area contributed by atoms with E-state index in [-0.39, 0.29) is 37.1 Å². The molecule has 0 radical (unpaired) electrons. The molecule has 2 N–H and O–H groups in total. The molecule has 4 atom stereocenters. The van der Waals surface area contributed by atoms with Crippen LogP contribution in [0.5, 0.6) is 28.7 Å². The number of fused-ring (bicyclic) bond motifs is 9. The lowest BCUT2D eigenvalue weighted by molar-refractivity contribution is -0.158. The quantitative estimate of drug-likeness (QED) is 0.595. The summed E-state index contributed by atoms with van der Waals surface area (Å²) in [5, 5.41) is 22.1. The maximum Gasteiger partial charge on any atom is 0.241 e. The van der Waals surface area contributed by atoms with Crippen molar-refractivity contribution in [2.75, 3.05) is 34.2 Å². The molecule has 1 amide bonds. The number of phenols is 1. The first-order valence-electron chi connectivity index (χ1n) is 12.6. The Labute approximate surface area is 215 Å². The predicted octanol–water partition coefficient (Wildman–Crippen LogP) is 2.71. The molecule has 196 valence electrons. The molecule has 4 aliphatic rings. The Hall–Kier alpha value is -3.43. The minimum atomic E-state index is -0.641. The van der Waals surface area contributed by atoms with Gasteiger partial charge in [0, 0.05) is 22.3 Å². The van der Waals surface area contributed by atoms with E-state index in [0.717, 1.165) is 33.4 Å². The first kappa shape index (κ1) is 23.9. The monoisotopic (exact) mass is 508 g/mol. The zero-order valence-corrected chi connectivity index (χ0v) is 21.5. The highest BCUT2D eigenvalue weighted by molar-refractivity contribution is 5.86. The summed E-state index contributed by atoms with van der Waals surface area (Å²) in [7, 11) is 3.48. The third-order valence-corrected chi connectivity index (χ3v) is 8.41. The summed E-state index contributed by atoms with van der Waals surface area (Å²) in [6.45, 7) is 7.69. The Kier molecular flexibility index (Phi) is 5.54. The fourth-order valence-electron chi connectivity index (χ4n) is 6.95. The number of benzene rings is 2. The summed E-state index contributed by atoms with van der Waals surface area (Å²) in [4.78, 5) is 17.9. The summed E-state index contributed by atoms with van der Waals surface area (Å²) >= 11 is 0. The van der Waals surface area contributed by atoms with Crippen LogP contribution in [-0.4, -0.2) is 72.2 Å². The van der Waals surface area contributed by atoms with E-state index in [9.17, 15) is 15.0 Å². The number of aromatic hydroxyl groups is 1. The molecule has 2 aromatic carbocycles. The van der Waals surface area contributed by atoms with Gasteiger partial charge in [0.05, 0.1) is 37.9 Å². The van der Waals surface area contributed by atoms with Crippen molar-refractivity contribution < 1.29 is 34.0 Å². The first-order valence-corrected chi connectivity index (χ1v) is 12.6. The van der Waals surface area contributed by atoms with Crippen LogP contribution in [0.2, 0.25) is 0 Å². The molecule has 9 nitrogen and oxygen atoms in total. The van der Waals surface area contributed by atoms with Crippen LogP contribution in [-0.2, 0) is 17.6 Å². The van der Waals surface area contributed by atoms with Crippen LogP contribution in [0.15, 0.2) is 18.7 Å². The number of piperazine rings is 1. The predicted molar refractivity (Wildman–Crippen MR) is 135 cm³/mol. The third kappa shape index (κ3) is 3.13. The largest absolute Gasteiger partial charge is 0.504 e. The number of aliphatic hydroxyl groups excluding tert-OH is 1. The number of rotatable bonds is 5. The van der Waals surface area contributed by atoms with Gasteiger partial charge >= 0.3 is 0 Å². The van der Waals surface area contributed by atoms with Gasteiger partial charge < -0.3 is 34.1 Å². The SMILES string of the molecule is C=CCOc1c(C)c2c(c3c1C[C@H]1[C@H]4c5c(cc(C)c(OC)c5O)C[C@H](C(=O)N1[C@H]3CO)N4C)OCO2. The normalized spacial score (nSPS) is 25.3. The van der Waals surface area contributed by atoms with Crippen molar-refractivity contribution in [2.45, 2.75) is 50.9 Å². The van der Waals surface area contributed by atoms with E-state index in [2.05, 4.69) is 11.5 Å². The Bertz CT molecular complexity index is 1320. The number of phenolic OH excluding ortho intramolecular Hbond substituents is 1. The standard InChI is InChI=1S/C28H32N2O7/c1-6-7-35-25-14(3)26-27(37-12-36-26)21-16(25)10-17-22-20-15(8-13(2)24(34-5)23(20)32)9-18(29(22)4)28(33)30(17)19(21)11-31/h6,8,17-19,22,31-32H,1,7,9-12H2,2-5H3/t17-,18+,19-,22-/m0/s1. The van der Waals surface area contributed by atoms with Crippen LogP contribution in [0.25, 0.3) is 0 Å². The molecule has 9 heteroatoms. The number of aliphatic hydroxyl groups is 1. The van der Waals surface area contributed by atoms with E-state index in [4.69, 9.17) is 18.9 Å². The number of hydrogen-bond acceptors (Lipinski definition) is 8. The van der Waals surface area contributed by atoms with Crippen LogP contribution in [0.3, 0.4) is 0 Å². The summed E-state index contributed by atoms with van der Waals surface area (Å²) in [6.07, 6.45) is 2.60. The van der Waals surface area contributed by atoms with Crippen molar-refractivity contribution in [1.82, 2.24) is 9.80 Å². The molecular formula is C28H32N2O7. The molecule has 1 fully saturated rings. The van der Waals surface area contributed by atoms with Crippen molar-refractivity contribution in [1.29, 1.82) is 0 Å². The average Bonchev–Trinajstić information content (AvgIpc) is 3.37. The van der Waals surface area contributed by atoms with Crippen LogP contribution in [0.1, 0.15) is 45.5 Å². The molecule has 0 spiro atoms. The van der Waals surface area contributed by atoms with Crippen molar-refractivity contribution in [2.24, 2.45) is 0 Å². The van der Waals surface area contributed by atoms with Gasteiger partial charge in [-0.15, -0.1) is 0 Å². The molecule has 2 bridgehead atoms. The molecule has 0 saturated carbocycles. The van der Waals surface area contributed by atoms with E-state index < -0.39 is 12.1 Å². The van der Waals surface area contributed by atoms with E-state index >= 15 is 0 Å². The fraction of sp³-hybridized carbons (Fsp3) is 0.464. The maximum atomic E-state index is 14.1. The molecule has 2 aromatic rings. The molecule has 0 aromatic heterocycles. The molecule has 37 heavy (non-hydrogen) atoms. The number of aryl methyl sites for hydroxylation is 1. The van der Waals surface area contributed by atoms with Gasteiger partial charge in [-0.25, -0.2) is 0 Å². The second kappa shape index (κ2) is 8.56. The van der Waals surface area contributed by atoms with Crippen LogP contribution in [0, 0.1) is 13.8 Å². The number of amides is 1. The number of likely N-dealkylation sites (N-methyl/N-ethyl adjacent to an activating group) is 1. The van der Waals surface area contributed by atoms with Crippen molar-refractivity contribution in [3.8, 4) is 28.7 Å². The molecule has 0 unspecified atom stereocenters. The number of carbonyl (C=O) groups is 1. The van der Waals surface area contributed by atoms with Crippen molar-refractivity contribution >= 4 is 5.91 Å². The van der Waals surface area contributed by atoms with Gasteiger partial charge in [-0.1, -0.05) is 18.7 Å². The average molecular weight is 509 g/mol. The summed E-state index contributed by atoms with van der Waals surface area (Å²) in [6, 6.07) is 0.301. The minimum absolute atomic E-state index is 0.0474. The van der Waals surface area contributed by atoms with Gasteiger partial charge in [0.1, 0.15) is 12.4 Å². The lowest BCUT2D eigenvalue weighted by Gasteiger charge is -2.57. The van der Waals surface area contributed by atoms with E-state index in [1.54, 1.807) is 18.1 Å². The molecule has 1 saturated heterocycles. The maximum absolute atomic E-state index is 14.1. The summed E-state index contributed by atoms with van der Waals surface area (Å²) in [5.74, 6) is 2.31. The topological polar surface area (TPSA) is 101 Å². The zero-order chi connectivity index (χ0) is 26.2. The number of nitrogens with zero attached hydrogens (tertiary/aromatic N) is 2. The Morgan fingerprint density at radius 3 is 2.65 bits per heavy atom. The third-order valence-electron chi connectivity index (χ3n) is 8.41. The zero-order valence-electron chi connectivity index (χ0n) is 21.5. The molecule has 0 aliphatic carbocycles. The van der Waals surface area contributed by atoms with Gasteiger partial charge in [0.2, 0.25) is 12.7 Å². The lowest BCUT2D eigenvalue weighted by Crippen LogP contribution is -2.66. The van der Waals surface area contributed by atoms with E-state index in [0.29, 0.717) is 42.4 Å². The molecule has 6 rings (SSSR count). The molecule has 4 heterocycles. The van der Waals surface area contributed by atoms with E-state index in [1.807, 2.05) is 27.0 Å². The van der Waals surface area contributed by atoms with Crippen LogP contribution < -0.4 is 18.9 Å². The highest BCUT2D eigenvalue weighted by Crippen LogP contribution is 2.57. The molecule has 4 aliphatic heterocycles. The Morgan fingerprint density at radius 1 is 1.19 bits per heavy atom. The minimum Gasteiger partial charge on any atom is -0.504 e. The smallest absolute Gasteiger partial charge is 0.241 e. The van der Waals surface area contributed by atoms with Crippen molar-refractivity contribution in [3.63, 3.8) is 0 Å². The first-order chi connectivity index (χ1) is 17.8. The summed E-state index contributed by atoms with van der Waals surface area (Å²) in [5.41, 5.74) is 4.99. The van der Waals surface area contributed by atoms with E-state index in [1.165, 1.54) is 0 Å². The number of ether oxygens (including phenoxy) is 4. The highest BCUT2D eigenvalue weighted by atomic mass is 16.7. The van der Waals surface area contributed by atoms with Gasteiger partial charge in [-0.05, 0) is 44.9 Å². The number of hydrogen-bond donors (Lipinski definition) is 2. The van der Waals surface area contributed by atoms with Gasteiger partial charge in [0.25, 0.3) is 0 Å². The fourth-order valence-corrected chi connectivity index (χ4v) is 6.95. The lowest BCUT2D eigenvalue weighted by atomic mass is 9.73. The Balaban J connectivity index is 1.59. The van der Waals surface area contributed by atoms with Crippen molar-refractivity contribution in [3.05, 3.63) is 52.1 Å². The summed E-state index contributed by atoms with van der Waals surface area (Å²) < 4.78 is 23.4. The number of methoxy groups -OCH3 is 1. The van der Waals surface area contributed by atoms with Gasteiger partial charge in [0.15, 0.2) is 23.0 Å². The second-order valence-corrected chi connectivity index (χ2v) is 10.2. The highest BCUT2D eigenvalue weighted by Gasteiger charge is 2.56. The number of carbonyl (C=O) groups excluding carboxylic acids is 1. The van der Waals surface area contributed by atoms with Gasteiger partial charge in [-0.3, -0.25) is 9.69 Å². The Morgan fingerprint density at radius 2 is 1.95 bits per heavy atom.